The third-order valence-corrected chi connectivity index (χ3v) is 4.74. The first-order chi connectivity index (χ1) is 8.52. The second kappa shape index (κ2) is 5.38. The van der Waals surface area contributed by atoms with Crippen molar-refractivity contribution in [3.63, 3.8) is 0 Å². The van der Waals surface area contributed by atoms with E-state index < -0.39 is 0 Å². The fourth-order valence-electron chi connectivity index (χ4n) is 2.81. The molecule has 4 nitrogen and oxygen atoms in total. The van der Waals surface area contributed by atoms with E-state index in [1.807, 2.05) is 6.92 Å². The van der Waals surface area contributed by atoms with Crippen molar-refractivity contribution in [3.8, 4) is 0 Å². The molecule has 3 unspecified atom stereocenters. The van der Waals surface area contributed by atoms with Gasteiger partial charge in [0.1, 0.15) is 0 Å². The van der Waals surface area contributed by atoms with E-state index in [1.54, 1.807) is 11.3 Å². The van der Waals surface area contributed by atoms with E-state index in [2.05, 4.69) is 23.3 Å². The van der Waals surface area contributed by atoms with Gasteiger partial charge in [0.15, 0.2) is 0 Å². The minimum Gasteiger partial charge on any atom is -0.368 e. The SMILES string of the molecule is Cc1ccsc1C(C(C)N)N1CCCC1C(N)=O. The summed E-state index contributed by atoms with van der Waals surface area (Å²) in [6, 6.07) is 2.03. The van der Waals surface area contributed by atoms with Gasteiger partial charge in [0.25, 0.3) is 0 Å². The molecule has 100 valence electrons. The van der Waals surface area contributed by atoms with Crippen molar-refractivity contribution < 1.29 is 4.79 Å². The number of aryl methyl sites for hydroxylation is 1. The number of likely N-dealkylation sites (tertiary alicyclic amines) is 1. The van der Waals surface area contributed by atoms with E-state index in [0.717, 1.165) is 19.4 Å². The van der Waals surface area contributed by atoms with Crippen LogP contribution in [0.4, 0.5) is 0 Å². The number of rotatable bonds is 4. The highest BCUT2D eigenvalue weighted by molar-refractivity contribution is 7.10. The lowest BCUT2D eigenvalue weighted by Crippen LogP contribution is -2.47. The molecule has 1 aromatic rings. The number of primary amides is 1. The maximum Gasteiger partial charge on any atom is 0.234 e. The van der Waals surface area contributed by atoms with Gasteiger partial charge in [-0.3, -0.25) is 9.69 Å². The van der Waals surface area contributed by atoms with Crippen molar-refractivity contribution in [2.45, 2.75) is 44.8 Å². The van der Waals surface area contributed by atoms with Crippen LogP contribution in [-0.4, -0.2) is 29.4 Å². The Morgan fingerprint density at radius 3 is 2.83 bits per heavy atom. The topological polar surface area (TPSA) is 72.3 Å². The molecule has 4 N–H and O–H groups in total. The molecule has 1 aromatic heterocycles. The maximum absolute atomic E-state index is 11.5. The Bertz CT molecular complexity index is 430. The second-order valence-corrected chi connectivity index (χ2v) is 6.02. The maximum atomic E-state index is 11.5. The van der Waals surface area contributed by atoms with E-state index >= 15 is 0 Å². The Morgan fingerprint density at radius 2 is 2.33 bits per heavy atom. The number of nitrogens with two attached hydrogens (primary N) is 2. The van der Waals surface area contributed by atoms with Crippen LogP contribution in [0, 0.1) is 6.92 Å². The molecule has 1 aliphatic heterocycles. The number of hydrogen-bond donors (Lipinski definition) is 2. The Morgan fingerprint density at radius 1 is 1.61 bits per heavy atom. The average molecular weight is 267 g/mol. The molecule has 1 fully saturated rings. The highest BCUT2D eigenvalue weighted by Gasteiger charge is 2.37. The van der Waals surface area contributed by atoms with Crippen molar-refractivity contribution in [1.29, 1.82) is 0 Å². The number of carbonyl (C=O) groups excluding carboxylic acids is 1. The number of nitrogens with zero attached hydrogens (tertiary/aromatic N) is 1. The number of thiophene rings is 1. The fourth-order valence-corrected chi connectivity index (χ4v) is 3.97. The molecule has 0 aromatic carbocycles. The van der Waals surface area contributed by atoms with Crippen LogP contribution in [0.1, 0.15) is 36.2 Å². The van der Waals surface area contributed by atoms with Crippen LogP contribution in [-0.2, 0) is 4.79 Å². The van der Waals surface area contributed by atoms with Crippen molar-refractivity contribution in [2.75, 3.05) is 6.54 Å². The van der Waals surface area contributed by atoms with Crippen molar-refractivity contribution in [2.24, 2.45) is 11.5 Å². The molecule has 0 saturated carbocycles. The van der Waals surface area contributed by atoms with Crippen molar-refractivity contribution in [3.05, 3.63) is 21.9 Å². The molecule has 5 heteroatoms. The molecule has 3 atom stereocenters. The van der Waals surface area contributed by atoms with E-state index in [-0.39, 0.29) is 24.0 Å². The van der Waals surface area contributed by atoms with Gasteiger partial charge >= 0.3 is 0 Å². The summed E-state index contributed by atoms with van der Waals surface area (Å²) in [6.07, 6.45) is 1.87. The fraction of sp³-hybridized carbons (Fsp3) is 0.615. The van der Waals surface area contributed by atoms with Gasteiger partial charge in [-0.1, -0.05) is 0 Å². The highest BCUT2D eigenvalue weighted by atomic mass is 32.1. The molecule has 0 bridgehead atoms. The van der Waals surface area contributed by atoms with Crippen LogP contribution in [0.5, 0.6) is 0 Å². The Balaban J connectivity index is 2.31. The molecule has 1 aliphatic rings. The lowest BCUT2D eigenvalue weighted by atomic mass is 10.0. The lowest BCUT2D eigenvalue weighted by molar-refractivity contribution is -0.123. The normalized spacial score (nSPS) is 24.1. The largest absolute Gasteiger partial charge is 0.368 e. The van der Waals surface area contributed by atoms with Crippen LogP contribution in [0.25, 0.3) is 0 Å². The molecule has 2 heterocycles. The molecule has 0 radical (unpaired) electrons. The van der Waals surface area contributed by atoms with Crippen LogP contribution in [0.15, 0.2) is 11.4 Å². The summed E-state index contributed by atoms with van der Waals surface area (Å²) in [5, 5.41) is 2.08. The van der Waals surface area contributed by atoms with Crippen LogP contribution < -0.4 is 11.5 Å². The molecule has 0 aliphatic carbocycles. The van der Waals surface area contributed by atoms with Gasteiger partial charge in [-0.2, -0.15) is 0 Å². The highest BCUT2D eigenvalue weighted by Crippen LogP contribution is 2.35. The van der Waals surface area contributed by atoms with Crippen LogP contribution >= 0.6 is 11.3 Å². The van der Waals surface area contributed by atoms with Gasteiger partial charge < -0.3 is 11.5 Å². The zero-order valence-electron chi connectivity index (χ0n) is 10.9. The van der Waals surface area contributed by atoms with E-state index in [9.17, 15) is 4.79 Å². The minimum atomic E-state index is -0.229. The predicted molar refractivity (Wildman–Crippen MR) is 74.4 cm³/mol. The quantitative estimate of drug-likeness (QED) is 0.866. The molecule has 18 heavy (non-hydrogen) atoms. The van der Waals surface area contributed by atoms with Crippen molar-refractivity contribution >= 4 is 17.2 Å². The van der Waals surface area contributed by atoms with Gasteiger partial charge in [0, 0.05) is 10.9 Å². The Labute approximate surface area is 112 Å². The monoisotopic (exact) mass is 267 g/mol. The van der Waals surface area contributed by atoms with Gasteiger partial charge in [-0.15, -0.1) is 11.3 Å². The van der Waals surface area contributed by atoms with Gasteiger partial charge in [0.2, 0.25) is 5.91 Å². The molecule has 1 saturated heterocycles. The third kappa shape index (κ3) is 2.43. The van der Waals surface area contributed by atoms with Gasteiger partial charge in [-0.05, 0) is 50.2 Å². The summed E-state index contributed by atoms with van der Waals surface area (Å²) in [5.74, 6) is -0.229. The summed E-state index contributed by atoms with van der Waals surface area (Å²) in [5.41, 5.74) is 12.9. The number of hydrogen-bond acceptors (Lipinski definition) is 4. The number of carbonyl (C=O) groups is 1. The smallest absolute Gasteiger partial charge is 0.234 e. The molecule has 0 spiro atoms. The second-order valence-electron chi connectivity index (χ2n) is 5.07. The zero-order valence-corrected chi connectivity index (χ0v) is 11.7. The Hall–Kier alpha value is -0.910. The van der Waals surface area contributed by atoms with E-state index in [4.69, 9.17) is 11.5 Å². The number of amides is 1. The standard InChI is InChI=1S/C13H21N3OS/c1-8-5-7-18-12(8)11(9(2)14)16-6-3-4-10(16)13(15)17/h5,7,9-11H,3-4,6,14H2,1-2H3,(H2,15,17). The summed E-state index contributed by atoms with van der Waals surface area (Å²) in [6.45, 7) is 4.99. The summed E-state index contributed by atoms with van der Waals surface area (Å²) in [7, 11) is 0. The predicted octanol–water partition coefficient (Wildman–Crippen LogP) is 1.39. The minimum absolute atomic E-state index is 0.0118. The van der Waals surface area contributed by atoms with E-state index in [0.29, 0.717) is 0 Å². The zero-order chi connectivity index (χ0) is 13.3. The van der Waals surface area contributed by atoms with Crippen LogP contribution in [0.2, 0.25) is 0 Å². The first kappa shape index (κ1) is 13.5. The molecular weight excluding hydrogens is 246 g/mol. The molecule has 1 amide bonds. The lowest BCUT2D eigenvalue weighted by Gasteiger charge is -2.34. The van der Waals surface area contributed by atoms with Gasteiger partial charge in [-0.25, -0.2) is 0 Å². The first-order valence-electron chi connectivity index (χ1n) is 6.37. The van der Waals surface area contributed by atoms with Crippen LogP contribution in [0.3, 0.4) is 0 Å². The Kier molecular flexibility index (Phi) is 4.04. The van der Waals surface area contributed by atoms with Crippen molar-refractivity contribution in [1.82, 2.24) is 4.90 Å². The van der Waals surface area contributed by atoms with Gasteiger partial charge in [0.05, 0.1) is 12.1 Å². The molecule has 2 rings (SSSR count). The summed E-state index contributed by atoms with van der Waals surface area (Å²) >= 11 is 1.71. The first-order valence-corrected chi connectivity index (χ1v) is 7.25. The summed E-state index contributed by atoms with van der Waals surface area (Å²) < 4.78 is 0. The average Bonchev–Trinajstić information content (AvgIpc) is 2.89. The molecular formula is C13H21N3OS. The third-order valence-electron chi connectivity index (χ3n) is 3.65. The van der Waals surface area contributed by atoms with E-state index in [1.165, 1.54) is 10.4 Å². The summed E-state index contributed by atoms with van der Waals surface area (Å²) in [4.78, 5) is 15.0.